The quantitative estimate of drug-likeness (QED) is 0.172. The molecule has 1 aliphatic rings. The molecule has 0 aliphatic heterocycles. The number of aromatic nitrogens is 4. The number of benzene rings is 10. The third-order valence-corrected chi connectivity index (χ3v) is 13.8. The monoisotopic (exact) mass is 854 g/mol. The molecule has 310 valence electrons. The summed E-state index contributed by atoms with van der Waals surface area (Å²) >= 11 is 0. The van der Waals surface area contributed by atoms with Crippen LogP contribution < -0.4 is 0 Å². The van der Waals surface area contributed by atoms with Gasteiger partial charge in [-0.2, -0.15) is 0 Å². The van der Waals surface area contributed by atoms with Gasteiger partial charge in [0, 0.05) is 54.7 Å². The highest BCUT2D eigenvalue weighted by molar-refractivity contribution is 6.28. The fraction of sp³-hybridized carbons (Fsp3) is 0. The first-order chi connectivity index (χ1) is 33.2. The van der Waals surface area contributed by atoms with Crippen molar-refractivity contribution in [1.29, 1.82) is 0 Å². The van der Waals surface area contributed by atoms with E-state index in [1.54, 1.807) is 0 Å². The SMILES string of the molecule is c1ccc(-c2nc(-c3ccccc3)nc(-c3ccc4oc5ccc(-n6c7ccccc7c7cc(-c8ccc9oc%10cc%11c%12c(cccc%12c%10c9c8)-c8ccccc8-%11)ccc76)cc5c4c3)n2)cc1. The zero-order valence-electron chi connectivity index (χ0n) is 35.7. The maximum Gasteiger partial charge on any atom is 0.164 e. The van der Waals surface area contributed by atoms with Crippen LogP contribution in [0.25, 0.3) is 150 Å². The first-order valence-electron chi connectivity index (χ1n) is 22.6. The molecule has 1 aliphatic carbocycles. The third-order valence-electron chi connectivity index (χ3n) is 13.8. The van der Waals surface area contributed by atoms with E-state index in [1.807, 2.05) is 72.8 Å². The minimum atomic E-state index is 0.602. The van der Waals surface area contributed by atoms with Gasteiger partial charge in [-0.25, -0.2) is 15.0 Å². The minimum Gasteiger partial charge on any atom is -0.456 e. The number of fused-ring (bicyclic) bond motifs is 13. The second-order valence-electron chi connectivity index (χ2n) is 17.5. The van der Waals surface area contributed by atoms with Gasteiger partial charge in [0.1, 0.15) is 22.3 Å². The summed E-state index contributed by atoms with van der Waals surface area (Å²) in [6.45, 7) is 0. The number of furan rings is 2. The van der Waals surface area contributed by atoms with E-state index < -0.39 is 0 Å². The molecule has 0 spiro atoms. The van der Waals surface area contributed by atoms with E-state index in [4.69, 9.17) is 23.8 Å². The fourth-order valence-corrected chi connectivity index (χ4v) is 10.7. The molecule has 0 bridgehead atoms. The van der Waals surface area contributed by atoms with Gasteiger partial charge in [-0.3, -0.25) is 0 Å². The Balaban J connectivity index is 0.859. The first-order valence-corrected chi connectivity index (χ1v) is 22.6. The van der Waals surface area contributed by atoms with Crippen molar-refractivity contribution in [2.45, 2.75) is 0 Å². The van der Waals surface area contributed by atoms with Gasteiger partial charge in [0.25, 0.3) is 0 Å². The lowest BCUT2D eigenvalue weighted by Gasteiger charge is -2.09. The van der Waals surface area contributed by atoms with Gasteiger partial charge >= 0.3 is 0 Å². The van der Waals surface area contributed by atoms with Crippen LogP contribution in [-0.4, -0.2) is 19.5 Å². The van der Waals surface area contributed by atoms with Crippen molar-refractivity contribution in [3.63, 3.8) is 0 Å². The Morgan fingerprint density at radius 3 is 1.57 bits per heavy atom. The van der Waals surface area contributed by atoms with Crippen LogP contribution in [0.3, 0.4) is 0 Å². The van der Waals surface area contributed by atoms with E-state index in [0.29, 0.717) is 17.5 Å². The molecular weight excluding hydrogens is 821 g/mol. The highest BCUT2D eigenvalue weighted by Gasteiger charge is 2.25. The van der Waals surface area contributed by atoms with Crippen LogP contribution in [0.2, 0.25) is 0 Å². The van der Waals surface area contributed by atoms with Gasteiger partial charge in [0.2, 0.25) is 0 Å². The van der Waals surface area contributed by atoms with Crippen molar-refractivity contribution in [1.82, 2.24) is 19.5 Å². The number of rotatable bonds is 5. The van der Waals surface area contributed by atoms with Gasteiger partial charge in [-0.1, -0.05) is 133 Å². The van der Waals surface area contributed by atoms with E-state index in [-0.39, 0.29) is 0 Å². The summed E-state index contributed by atoms with van der Waals surface area (Å²) in [7, 11) is 0. The standard InChI is InChI=1S/C61H34N4O2/c1-3-12-35(13-4-1)59-62-60(36-14-5-2-6-15-36)64-61(63-59)39-24-28-53-47(32-39)48-33-40(25-29-54(48)66-53)65-51-21-10-9-18-43(51)46-30-37(22-26-52(46)65)38-23-27-55-50(31-38)58-45-20-11-19-44-41-16-7-8-17-42(41)49(57(44)45)34-56(58)67-55/h1-34H. The van der Waals surface area contributed by atoms with Crippen LogP contribution in [-0.2, 0) is 0 Å². The molecule has 0 atom stereocenters. The average Bonchev–Trinajstić information content (AvgIpc) is 4.14. The molecule has 0 fully saturated rings. The van der Waals surface area contributed by atoms with Crippen LogP contribution in [0.4, 0.5) is 0 Å². The molecule has 15 rings (SSSR count). The van der Waals surface area contributed by atoms with Crippen molar-refractivity contribution < 1.29 is 8.83 Å². The van der Waals surface area contributed by atoms with E-state index >= 15 is 0 Å². The van der Waals surface area contributed by atoms with Crippen molar-refractivity contribution in [3.8, 4) is 73.2 Å². The molecule has 0 saturated heterocycles. The summed E-state index contributed by atoms with van der Waals surface area (Å²) in [6, 6.07) is 72.6. The molecule has 4 aromatic heterocycles. The maximum absolute atomic E-state index is 6.62. The zero-order valence-corrected chi connectivity index (χ0v) is 35.7. The molecule has 0 saturated carbocycles. The predicted molar refractivity (Wildman–Crippen MR) is 272 cm³/mol. The summed E-state index contributed by atoms with van der Waals surface area (Å²) in [5.41, 5.74) is 16.9. The smallest absolute Gasteiger partial charge is 0.164 e. The lowest BCUT2D eigenvalue weighted by Crippen LogP contribution is -2.00. The minimum absolute atomic E-state index is 0.602. The summed E-state index contributed by atoms with van der Waals surface area (Å²) < 4.78 is 15.5. The van der Waals surface area contributed by atoms with Crippen LogP contribution in [0.5, 0.6) is 0 Å². The number of hydrogen-bond acceptors (Lipinski definition) is 5. The largest absolute Gasteiger partial charge is 0.456 e. The van der Waals surface area contributed by atoms with Gasteiger partial charge in [0.05, 0.1) is 11.0 Å². The molecule has 6 heteroatoms. The van der Waals surface area contributed by atoms with Crippen LogP contribution in [0, 0.1) is 0 Å². The molecule has 0 unspecified atom stereocenters. The molecule has 0 N–H and O–H groups in total. The molecular formula is C61H34N4O2. The summed E-state index contributed by atoms with van der Waals surface area (Å²) in [6.07, 6.45) is 0. The summed E-state index contributed by atoms with van der Waals surface area (Å²) in [5.74, 6) is 1.86. The van der Waals surface area contributed by atoms with E-state index in [0.717, 1.165) is 83.0 Å². The average molecular weight is 855 g/mol. The summed E-state index contributed by atoms with van der Waals surface area (Å²) in [5, 5.41) is 9.22. The topological polar surface area (TPSA) is 69.9 Å². The predicted octanol–water partition coefficient (Wildman–Crippen LogP) is 16.2. The molecule has 0 amide bonds. The Morgan fingerprint density at radius 1 is 0.284 bits per heavy atom. The van der Waals surface area contributed by atoms with Crippen molar-refractivity contribution in [2.75, 3.05) is 0 Å². The van der Waals surface area contributed by atoms with Crippen LogP contribution in [0.1, 0.15) is 0 Å². The lowest BCUT2D eigenvalue weighted by molar-refractivity contribution is 0.668. The Bertz CT molecular complexity index is 4330. The number of para-hydroxylation sites is 1. The van der Waals surface area contributed by atoms with Crippen molar-refractivity contribution >= 4 is 76.5 Å². The van der Waals surface area contributed by atoms with Crippen LogP contribution >= 0.6 is 0 Å². The molecule has 4 heterocycles. The number of hydrogen-bond donors (Lipinski definition) is 0. The van der Waals surface area contributed by atoms with Gasteiger partial charge in [-0.05, 0) is 117 Å². The zero-order chi connectivity index (χ0) is 43.7. The fourth-order valence-electron chi connectivity index (χ4n) is 10.7. The molecule has 10 aromatic carbocycles. The normalized spacial score (nSPS) is 12.2. The maximum atomic E-state index is 6.62. The Hall–Kier alpha value is -9.13. The van der Waals surface area contributed by atoms with Gasteiger partial charge in [0.15, 0.2) is 17.5 Å². The number of nitrogens with zero attached hydrogens (tertiary/aromatic N) is 4. The van der Waals surface area contributed by atoms with Crippen molar-refractivity contribution in [3.05, 3.63) is 206 Å². The Kier molecular flexibility index (Phi) is 7.40. The van der Waals surface area contributed by atoms with Gasteiger partial charge in [-0.15, -0.1) is 0 Å². The van der Waals surface area contributed by atoms with E-state index in [9.17, 15) is 0 Å². The van der Waals surface area contributed by atoms with E-state index in [2.05, 4.69) is 138 Å². The van der Waals surface area contributed by atoms with E-state index in [1.165, 1.54) is 49.2 Å². The highest BCUT2D eigenvalue weighted by atomic mass is 16.3. The first kappa shape index (κ1) is 36.2. The Morgan fingerprint density at radius 2 is 0.806 bits per heavy atom. The molecule has 6 nitrogen and oxygen atoms in total. The van der Waals surface area contributed by atoms with Crippen LogP contribution in [0.15, 0.2) is 215 Å². The second-order valence-corrected chi connectivity index (χ2v) is 17.5. The van der Waals surface area contributed by atoms with Crippen molar-refractivity contribution in [2.24, 2.45) is 0 Å². The highest BCUT2D eigenvalue weighted by Crippen LogP contribution is 2.51. The second kappa shape index (κ2) is 13.7. The van der Waals surface area contributed by atoms with Gasteiger partial charge < -0.3 is 13.4 Å². The summed E-state index contributed by atoms with van der Waals surface area (Å²) in [4.78, 5) is 14.9. The lowest BCUT2D eigenvalue weighted by atomic mass is 9.96. The molecule has 0 radical (unpaired) electrons. The third kappa shape index (κ3) is 5.35. The molecule has 14 aromatic rings. The molecule has 67 heavy (non-hydrogen) atoms. The Labute approximate surface area is 382 Å².